The standard InChI is InChI=1S/C14H23N3O/c1-3-15-14(10-8-16-17(4-2)9-10)12-7-11-5-6-13(12)18-11/h8-9,11-15H,3-7H2,1-2H3. The van der Waals surface area contributed by atoms with Crippen molar-refractivity contribution in [2.45, 2.75) is 57.9 Å². The van der Waals surface area contributed by atoms with Crippen molar-refractivity contribution in [3.63, 3.8) is 0 Å². The van der Waals surface area contributed by atoms with Gasteiger partial charge in [-0.1, -0.05) is 6.92 Å². The molecule has 4 atom stereocenters. The zero-order valence-corrected chi connectivity index (χ0v) is 11.3. The molecule has 2 aliphatic rings. The third-order valence-electron chi connectivity index (χ3n) is 4.34. The van der Waals surface area contributed by atoms with Crippen molar-refractivity contribution in [1.29, 1.82) is 0 Å². The second-order valence-corrected chi connectivity index (χ2v) is 5.44. The molecule has 1 aromatic heterocycles. The van der Waals surface area contributed by atoms with Crippen molar-refractivity contribution in [3.8, 4) is 0 Å². The topological polar surface area (TPSA) is 39.1 Å². The molecule has 0 aliphatic carbocycles. The number of nitrogens with one attached hydrogen (secondary N) is 1. The van der Waals surface area contributed by atoms with Crippen LogP contribution in [0.2, 0.25) is 0 Å². The Hall–Kier alpha value is -0.870. The summed E-state index contributed by atoms with van der Waals surface area (Å²) in [6, 6.07) is 0.408. The fraction of sp³-hybridized carbons (Fsp3) is 0.786. The molecule has 4 heteroatoms. The van der Waals surface area contributed by atoms with Crippen molar-refractivity contribution in [2.75, 3.05) is 6.54 Å². The molecule has 1 aromatic rings. The van der Waals surface area contributed by atoms with Gasteiger partial charge in [-0.3, -0.25) is 4.68 Å². The molecule has 2 bridgehead atoms. The first-order valence-corrected chi connectivity index (χ1v) is 7.23. The highest BCUT2D eigenvalue weighted by molar-refractivity contribution is 5.14. The molecule has 0 aromatic carbocycles. The average Bonchev–Trinajstić information content (AvgIpc) is 3.10. The van der Waals surface area contributed by atoms with Crippen molar-refractivity contribution >= 4 is 0 Å². The van der Waals surface area contributed by atoms with Gasteiger partial charge in [-0.15, -0.1) is 0 Å². The van der Waals surface area contributed by atoms with Gasteiger partial charge in [0.05, 0.1) is 18.4 Å². The number of ether oxygens (including phenoxy) is 1. The third-order valence-corrected chi connectivity index (χ3v) is 4.34. The van der Waals surface area contributed by atoms with E-state index in [4.69, 9.17) is 4.74 Å². The number of hydrogen-bond donors (Lipinski definition) is 1. The van der Waals surface area contributed by atoms with Crippen molar-refractivity contribution in [3.05, 3.63) is 18.0 Å². The number of hydrogen-bond acceptors (Lipinski definition) is 3. The largest absolute Gasteiger partial charge is 0.375 e. The second-order valence-electron chi connectivity index (χ2n) is 5.44. The summed E-state index contributed by atoms with van der Waals surface area (Å²) >= 11 is 0. The molecule has 2 fully saturated rings. The summed E-state index contributed by atoms with van der Waals surface area (Å²) in [4.78, 5) is 0. The Labute approximate surface area is 109 Å². The van der Waals surface area contributed by atoms with E-state index < -0.39 is 0 Å². The maximum Gasteiger partial charge on any atom is 0.0627 e. The molecule has 3 rings (SSSR count). The Bertz CT molecular complexity index is 403. The maximum atomic E-state index is 6.00. The zero-order valence-electron chi connectivity index (χ0n) is 11.3. The Balaban J connectivity index is 1.79. The van der Waals surface area contributed by atoms with E-state index in [1.54, 1.807) is 0 Å². The minimum absolute atomic E-state index is 0.408. The molecule has 0 spiro atoms. The number of aryl methyl sites for hydroxylation is 1. The van der Waals surface area contributed by atoms with E-state index in [-0.39, 0.29) is 0 Å². The van der Waals surface area contributed by atoms with Gasteiger partial charge < -0.3 is 10.1 Å². The summed E-state index contributed by atoms with van der Waals surface area (Å²) < 4.78 is 8.01. The van der Waals surface area contributed by atoms with Crippen LogP contribution in [0.25, 0.3) is 0 Å². The number of nitrogens with zero attached hydrogens (tertiary/aromatic N) is 2. The van der Waals surface area contributed by atoms with Crippen LogP contribution in [-0.2, 0) is 11.3 Å². The van der Waals surface area contributed by atoms with Gasteiger partial charge in [0.2, 0.25) is 0 Å². The normalized spacial score (nSPS) is 32.0. The van der Waals surface area contributed by atoms with Crippen molar-refractivity contribution in [2.24, 2.45) is 5.92 Å². The van der Waals surface area contributed by atoms with E-state index in [2.05, 4.69) is 30.5 Å². The molecular weight excluding hydrogens is 226 g/mol. The van der Waals surface area contributed by atoms with E-state index in [0.717, 1.165) is 13.1 Å². The number of fused-ring (bicyclic) bond motifs is 2. The van der Waals surface area contributed by atoms with Crippen LogP contribution in [-0.4, -0.2) is 28.5 Å². The van der Waals surface area contributed by atoms with Gasteiger partial charge in [-0.05, 0) is 32.7 Å². The summed E-state index contributed by atoms with van der Waals surface area (Å²) in [5.74, 6) is 0.623. The maximum absolute atomic E-state index is 6.00. The minimum atomic E-state index is 0.408. The minimum Gasteiger partial charge on any atom is -0.375 e. The van der Waals surface area contributed by atoms with Gasteiger partial charge in [0.15, 0.2) is 0 Å². The van der Waals surface area contributed by atoms with E-state index in [9.17, 15) is 0 Å². The van der Waals surface area contributed by atoms with Crippen molar-refractivity contribution in [1.82, 2.24) is 15.1 Å². The van der Waals surface area contributed by atoms with Gasteiger partial charge in [-0.2, -0.15) is 5.10 Å². The van der Waals surface area contributed by atoms with Gasteiger partial charge in [-0.25, -0.2) is 0 Å². The molecule has 3 heterocycles. The summed E-state index contributed by atoms with van der Waals surface area (Å²) in [6.07, 6.45) is 8.88. The molecule has 18 heavy (non-hydrogen) atoms. The highest BCUT2D eigenvalue weighted by Gasteiger charge is 2.44. The fourth-order valence-corrected chi connectivity index (χ4v) is 3.48. The molecular formula is C14H23N3O. The van der Waals surface area contributed by atoms with Gasteiger partial charge in [0, 0.05) is 30.3 Å². The summed E-state index contributed by atoms with van der Waals surface area (Å²) in [5.41, 5.74) is 1.32. The number of rotatable bonds is 5. The molecule has 4 nitrogen and oxygen atoms in total. The molecule has 100 valence electrons. The lowest BCUT2D eigenvalue weighted by molar-refractivity contribution is 0.0858. The first kappa shape index (κ1) is 12.2. The fourth-order valence-electron chi connectivity index (χ4n) is 3.48. The Kier molecular flexibility index (Phi) is 3.39. The molecule has 0 amide bonds. The lowest BCUT2D eigenvalue weighted by Gasteiger charge is -2.28. The monoisotopic (exact) mass is 249 g/mol. The van der Waals surface area contributed by atoms with Crippen LogP contribution in [0.5, 0.6) is 0 Å². The Morgan fingerprint density at radius 2 is 2.39 bits per heavy atom. The van der Waals surface area contributed by atoms with Crippen LogP contribution in [0.3, 0.4) is 0 Å². The molecule has 0 radical (unpaired) electrons. The Morgan fingerprint density at radius 3 is 2.94 bits per heavy atom. The average molecular weight is 249 g/mol. The lowest BCUT2D eigenvalue weighted by atomic mass is 9.81. The van der Waals surface area contributed by atoms with Crippen molar-refractivity contribution < 1.29 is 4.74 Å². The van der Waals surface area contributed by atoms with E-state index in [0.29, 0.717) is 24.2 Å². The van der Waals surface area contributed by atoms with Gasteiger partial charge in [0.25, 0.3) is 0 Å². The molecule has 2 saturated heterocycles. The van der Waals surface area contributed by atoms with Crippen LogP contribution >= 0.6 is 0 Å². The van der Waals surface area contributed by atoms with Crippen LogP contribution < -0.4 is 5.32 Å². The van der Waals surface area contributed by atoms with E-state index in [1.165, 1.54) is 24.8 Å². The smallest absolute Gasteiger partial charge is 0.0627 e. The van der Waals surface area contributed by atoms with Gasteiger partial charge >= 0.3 is 0 Å². The lowest BCUT2D eigenvalue weighted by Crippen LogP contribution is -2.33. The van der Waals surface area contributed by atoms with Crippen LogP contribution in [0.4, 0.5) is 0 Å². The highest BCUT2D eigenvalue weighted by Crippen LogP contribution is 2.44. The van der Waals surface area contributed by atoms with E-state index in [1.807, 2.05) is 10.9 Å². The summed E-state index contributed by atoms with van der Waals surface area (Å²) in [7, 11) is 0. The number of aromatic nitrogens is 2. The molecule has 1 N–H and O–H groups in total. The first-order chi connectivity index (χ1) is 8.81. The first-order valence-electron chi connectivity index (χ1n) is 7.23. The van der Waals surface area contributed by atoms with Crippen LogP contribution in [0.1, 0.15) is 44.7 Å². The SMILES string of the molecule is CCNC(c1cnn(CC)c1)C1CC2CCC1O2. The molecule has 4 unspecified atom stereocenters. The second kappa shape index (κ2) is 5.02. The predicted molar refractivity (Wildman–Crippen MR) is 70.3 cm³/mol. The highest BCUT2D eigenvalue weighted by atomic mass is 16.5. The van der Waals surface area contributed by atoms with Crippen LogP contribution in [0, 0.1) is 5.92 Å². The Morgan fingerprint density at radius 1 is 1.50 bits per heavy atom. The molecule has 2 aliphatic heterocycles. The quantitative estimate of drug-likeness (QED) is 0.869. The summed E-state index contributed by atoms with van der Waals surface area (Å²) in [6.45, 7) is 6.23. The molecule has 0 saturated carbocycles. The van der Waals surface area contributed by atoms with Gasteiger partial charge in [0.1, 0.15) is 0 Å². The zero-order chi connectivity index (χ0) is 12.5. The predicted octanol–water partition coefficient (Wildman–Crippen LogP) is 2.12. The van der Waals surface area contributed by atoms with Crippen LogP contribution in [0.15, 0.2) is 12.4 Å². The third kappa shape index (κ3) is 2.08. The van der Waals surface area contributed by atoms with E-state index >= 15 is 0 Å². The summed E-state index contributed by atoms with van der Waals surface area (Å²) in [5, 5.41) is 8.04.